The van der Waals surface area contributed by atoms with E-state index in [1.54, 1.807) is 7.11 Å². The molecule has 0 spiro atoms. The molecule has 1 aromatic heterocycles. The molecule has 2 heterocycles. The molecule has 1 unspecified atom stereocenters. The van der Waals surface area contributed by atoms with E-state index >= 15 is 0 Å². The van der Waals surface area contributed by atoms with Gasteiger partial charge in [0.1, 0.15) is 5.75 Å². The third kappa shape index (κ3) is 3.27. The summed E-state index contributed by atoms with van der Waals surface area (Å²) in [5, 5.41) is 3.48. The molecule has 0 radical (unpaired) electrons. The molecule has 4 nitrogen and oxygen atoms in total. The van der Waals surface area contributed by atoms with Crippen molar-refractivity contribution < 1.29 is 4.74 Å². The second-order valence-corrected chi connectivity index (χ2v) is 5.62. The SMILES string of the molecule is COc1ccccc1CCn1cncc1C1CCCNC1. The quantitative estimate of drug-likeness (QED) is 0.918. The lowest BCUT2D eigenvalue weighted by Crippen LogP contribution is -2.29. The zero-order chi connectivity index (χ0) is 14.5. The van der Waals surface area contributed by atoms with Crippen molar-refractivity contribution in [1.82, 2.24) is 14.9 Å². The van der Waals surface area contributed by atoms with Gasteiger partial charge in [0.2, 0.25) is 0 Å². The Morgan fingerprint density at radius 1 is 1.38 bits per heavy atom. The van der Waals surface area contributed by atoms with Gasteiger partial charge in [-0.15, -0.1) is 0 Å². The lowest BCUT2D eigenvalue weighted by Gasteiger charge is -2.23. The van der Waals surface area contributed by atoms with E-state index in [2.05, 4.69) is 27.0 Å². The van der Waals surface area contributed by atoms with Crippen LogP contribution in [0.2, 0.25) is 0 Å². The molecule has 0 saturated carbocycles. The van der Waals surface area contributed by atoms with Crippen molar-refractivity contribution in [2.24, 2.45) is 0 Å². The summed E-state index contributed by atoms with van der Waals surface area (Å²) < 4.78 is 7.72. The molecule has 4 heteroatoms. The molecular formula is C17H23N3O. The Hall–Kier alpha value is -1.81. The molecular weight excluding hydrogens is 262 g/mol. The van der Waals surface area contributed by atoms with Gasteiger partial charge < -0.3 is 14.6 Å². The minimum Gasteiger partial charge on any atom is -0.496 e. The first-order valence-electron chi connectivity index (χ1n) is 7.71. The second-order valence-electron chi connectivity index (χ2n) is 5.62. The Labute approximate surface area is 126 Å². The second kappa shape index (κ2) is 6.76. The normalized spacial score (nSPS) is 18.6. The maximum absolute atomic E-state index is 5.43. The highest BCUT2D eigenvalue weighted by atomic mass is 16.5. The zero-order valence-corrected chi connectivity index (χ0v) is 12.6. The number of aromatic nitrogens is 2. The molecule has 2 aromatic rings. The third-order valence-corrected chi connectivity index (χ3v) is 4.27. The van der Waals surface area contributed by atoms with Crippen molar-refractivity contribution in [2.45, 2.75) is 31.7 Å². The first-order valence-corrected chi connectivity index (χ1v) is 7.71. The highest BCUT2D eigenvalue weighted by molar-refractivity contribution is 5.33. The van der Waals surface area contributed by atoms with Gasteiger partial charge in [-0.1, -0.05) is 18.2 Å². The maximum Gasteiger partial charge on any atom is 0.122 e. The van der Waals surface area contributed by atoms with Crippen LogP contribution in [0.4, 0.5) is 0 Å². The predicted molar refractivity (Wildman–Crippen MR) is 83.8 cm³/mol. The number of piperidine rings is 1. The van der Waals surface area contributed by atoms with Crippen molar-refractivity contribution in [3.63, 3.8) is 0 Å². The fourth-order valence-electron chi connectivity index (χ4n) is 3.11. The number of rotatable bonds is 5. The number of para-hydroxylation sites is 1. The molecule has 1 saturated heterocycles. The van der Waals surface area contributed by atoms with Crippen LogP contribution >= 0.6 is 0 Å². The Morgan fingerprint density at radius 3 is 3.10 bits per heavy atom. The monoisotopic (exact) mass is 285 g/mol. The van der Waals surface area contributed by atoms with Crippen LogP contribution in [0, 0.1) is 0 Å². The average molecular weight is 285 g/mol. The van der Waals surface area contributed by atoms with E-state index in [0.29, 0.717) is 5.92 Å². The summed E-state index contributed by atoms with van der Waals surface area (Å²) in [5.41, 5.74) is 2.61. The molecule has 1 aliphatic rings. The van der Waals surface area contributed by atoms with E-state index in [4.69, 9.17) is 4.74 Å². The molecule has 1 fully saturated rings. The largest absolute Gasteiger partial charge is 0.496 e. The van der Waals surface area contributed by atoms with Crippen LogP contribution in [-0.4, -0.2) is 29.8 Å². The number of hydrogen-bond donors (Lipinski definition) is 1. The Bertz CT molecular complexity index is 573. The Balaban J connectivity index is 1.69. The van der Waals surface area contributed by atoms with Crippen LogP contribution in [0.25, 0.3) is 0 Å². The highest BCUT2D eigenvalue weighted by Gasteiger charge is 2.18. The number of nitrogens with one attached hydrogen (secondary N) is 1. The summed E-state index contributed by atoms with van der Waals surface area (Å²) in [5.74, 6) is 1.57. The van der Waals surface area contributed by atoms with Gasteiger partial charge >= 0.3 is 0 Å². The van der Waals surface area contributed by atoms with Crippen LogP contribution in [0.3, 0.4) is 0 Å². The molecule has 0 bridgehead atoms. The smallest absolute Gasteiger partial charge is 0.122 e. The summed E-state index contributed by atoms with van der Waals surface area (Å²) in [6, 6.07) is 8.24. The summed E-state index contributed by atoms with van der Waals surface area (Å²) in [7, 11) is 1.73. The average Bonchev–Trinajstić information content (AvgIpc) is 3.02. The Kier molecular flexibility index (Phi) is 4.55. The number of benzene rings is 1. The highest BCUT2D eigenvalue weighted by Crippen LogP contribution is 2.24. The molecule has 0 aliphatic carbocycles. The van der Waals surface area contributed by atoms with Crippen molar-refractivity contribution in [2.75, 3.05) is 20.2 Å². The van der Waals surface area contributed by atoms with E-state index in [1.165, 1.54) is 24.1 Å². The van der Waals surface area contributed by atoms with E-state index in [-0.39, 0.29) is 0 Å². The molecule has 3 rings (SSSR count). The number of imidazole rings is 1. The number of methoxy groups -OCH3 is 1. The summed E-state index contributed by atoms with van der Waals surface area (Å²) in [6.07, 6.45) is 7.46. The minimum absolute atomic E-state index is 0.596. The van der Waals surface area contributed by atoms with Gasteiger partial charge in [-0.05, 0) is 37.4 Å². The van der Waals surface area contributed by atoms with E-state index in [9.17, 15) is 0 Å². The van der Waals surface area contributed by atoms with Crippen LogP contribution in [0.1, 0.15) is 30.0 Å². The van der Waals surface area contributed by atoms with Gasteiger partial charge in [0.15, 0.2) is 0 Å². The van der Waals surface area contributed by atoms with Crippen molar-refractivity contribution in [1.29, 1.82) is 0 Å². The molecule has 21 heavy (non-hydrogen) atoms. The standard InChI is InChI=1S/C17H23N3O/c1-21-17-7-3-2-5-14(17)8-10-20-13-19-12-16(20)15-6-4-9-18-11-15/h2-3,5,7,12-13,15,18H,4,6,8-11H2,1H3. The summed E-state index contributed by atoms with van der Waals surface area (Å²) in [6.45, 7) is 3.17. The molecule has 1 aliphatic heterocycles. The lowest BCUT2D eigenvalue weighted by atomic mass is 9.96. The fourth-order valence-corrected chi connectivity index (χ4v) is 3.11. The van der Waals surface area contributed by atoms with Crippen LogP contribution in [-0.2, 0) is 13.0 Å². The third-order valence-electron chi connectivity index (χ3n) is 4.27. The minimum atomic E-state index is 0.596. The number of aryl methyl sites for hydroxylation is 2. The van der Waals surface area contributed by atoms with E-state index in [0.717, 1.165) is 31.8 Å². The van der Waals surface area contributed by atoms with Crippen LogP contribution in [0.15, 0.2) is 36.8 Å². The molecule has 1 N–H and O–H groups in total. The summed E-state index contributed by atoms with van der Waals surface area (Å²) in [4.78, 5) is 4.36. The number of ether oxygens (including phenoxy) is 1. The summed E-state index contributed by atoms with van der Waals surface area (Å²) >= 11 is 0. The number of nitrogens with zero attached hydrogens (tertiary/aromatic N) is 2. The molecule has 1 aromatic carbocycles. The fraction of sp³-hybridized carbons (Fsp3) is 0.471. The Morgan fingerprint density at radius 2 is 2.29 bits per heavy atom. The van der Waals surface area contributed by atoms with Crippen molar-refractivity contribution in [3.05, 3.63) is 48.0 Å². The van der Waals surface area contributed by atoms with Crippen LogP contribution < -0.4 is 10.1 Å². The van der Waals surface area contributed by atoms with Crippen molar-refractivity contribution in [3.8, 4) is 5.75 Å². The van der Waals surface area contributed by atoms with E-state index in [1.807, 2.05) is 24.7 Å². The zero-order valence-electron chi connectivity index (χ0n) is 12.6. The predicted octanol–water partition coefficient (Wildman–Crippen LogP) is 2.60. The number of hydrogen-bond acceptors (Lipinski definition) is 3. The first kappa shape index (κ1) is 14.1. The molecule has 1 atom stereocenters. The van der Waals surface area contributed by atoms with Gasteiger partial charge in [-0.25, -0.2) is 4.98 Å². The van der Waals surface area contributed by atoms with Crippen LogP contribution in [0.5, 0.6) is 5.75 Å². The van der Waals surface area contributed by atoms with Gasteiger partial charge in [-0.3, -0.25) is 0 Å². The molecule has 0 amide bonds. The van der Waals surface area contributed by atoms with Gasteiger partial charge in [0.25, 0.3) is 0 Å². The van der Waals surface area contributed by atoms with E-state index < -0.39 is 0 Å². The lowest BCUT2D eigenvalue weighted by molar-refractivity contribution is 0.407. The van der Waals surface area contributed by atoms with Gasteiger partial charge in [0, 0.05) is 30.9 Å². The van der Waals surface area contributed by atoms with Gasteiger partial charge in [-0.2, -0.15) is 0 Å². The first-order chi connectivity index (χ1) is 10.4. The maximum atomic E-state index is 5.43. The van der Waals surface area contributed by atoms with Gasteiger partial charge in [0.05, 0.1) is 13.4 Å². The topological polar surface area (TPSA) is 39.1 Å². The van der Waals surface area contributed by atoms with Crippen molar-refractivity contribution >= 4 is 0 Å². The molecule has 112 valence electrons.